The first kappa shape index (κ1) is 25.8. The van der Waals surface area contributed by atoms with Gasteiger partial charge in [-0.2, -0.15) is 5.26 Å². The van der Waals surface area contributed by atoms with E-state index in [4.69, 9.17) is 20.4 Å². The molecule has 1 atom stereocenters. The van der Waals surface area contributed by atoms with Gasteiger partial charge in [-0.1, -0.05) is 31.5 Å². The molecule has 0 fully saturated rings. The van der Waals surface area contributed by atoms with Gasteiger partial charge in [0.15, 0.2) is 5.82 Å². The molecule has 9 heteroatoms. The number of aliphatic hydroxyl groups is 1. The third kappa shape index (κ3) is 5.60. The van der Waals surface area contributed by atoms with E-state index in [1.54, 1.807) is 13.2 Å². The van der Waals surface area contributed by atoms with Crippen LogP contribution >= 0.6 is 0 Å². The molecular formula is C28H31N7O2. The minimum Gasteiger partial charge on any atom is -0.491 e. The number of ether oxygens (including phenoxy) is 1. The number of hydrogen-bond acceptors (Lipinski definition) is 9. The fraction of sp³-hybridized carbons (Fsp3) is 0.321. The number of fused-ring (bicyclic) bond motifs is 1. The summed E-state index contributed by atoms with van der Waals surface area (Å²) >= 11 is 0. The zero-order valence-corrected chi connectivity index (χ0v) is 21.3. The van der Waals surface area contributed by atoms with Crippen LogP contribution in [0.1, 0.15) is 42.3 Å². The lowest BCUT2D eigenvalue weighted by Gasteiger charge is -2.22. The minimum atomic E-state index is -0.524. The zero-order valence-electron chi connectivity index (χ0n) is 21.3. The molecule has 37 heavy (non-hydrogen) atoms. The Morgan fingerprint density at radius 2 is 2.14 bits per heavy atom. The van der Waals surface area contributed by atoms with Crippen LogP contribution in [-0.4, -0.2) is 45.5 Å². The number of pyridine rings is 1. The van der Waals surface area contributed by atoms with Crippen LogP contribution in [0.4, 0.5) is 5.82 Å². The number of rotatable bonds is 9. The van der Waals surface area contributed by atoms with Crippen molar-refractivity contribution in [1.82, 2.24) is 15.0 Å². The van der Waals surface area contributed by atoms with Crippen LogP contribution < -0.4 is 15.4 Å². The number of nitrogens with zero attached hydrogens (tertiary/aromatic N) is 6. The van der Waals surface area contributed by atoms with E-state index >= 15 is 0 Å². The molecule has 0 aliphatic carbocycles. The lowest BCUT2D eigenvalue weighted by atomic mass is 10.0. The Kier molecular flexibility index (Phi) is 8.11. The monoisotopic (exact) mass is 497 g/mol. The third-order valence-electron chi connectivity index (χ3n) is 6.25. The van der Waals surface area contributed by atoms with E-state index in [1.165, 1.54) is 6.20 Å². The number of aliphatic imine (C=N–C) groups is 1. The van der Waals surface area contributed by atoms with Crippen LogP contribution in [-0.2, 0) is 13.1 Å². The largest absolute Gasteiger partial charge is 0.491 e. The molecule has 3 N–H and O–H groups in total. The molecule has 4 rings (SSSR count). The second kappa shape index (κ2) is 11.6. The molecule has 1 aromatic carbocycles. The molecule has 1 aliphatic rings. The molecular weight excluding hydrogens is 466 g/mol. The van der Waals surface area contributed by atoms with E-state index < -0.39 is 6.10 Å². The highest BCUT2D eigenvalue weighted by Crippen LogP contribution is 2.32. The summed E-state index contributed by atoms with van der Waals surface area (Å²) in [6.07, 6.45) is 4.07. The van der Waals surface area contributed by atoms with Crippen molar-refractivity contribution >= 4 is 11.5 Å². The molecule has 0 saturated heterocycles. The Balaban J connectivity index is 1.78. The van der Waals surface area contributed by atoms with Gasteiger partial charge in [0.2, 0.25) is 0 Å². The fourth-order valence-corrected chi connectivity index (χ4v) is 4.38. The van der Waals surface area contributed by atoms with Crippen molar-refractivity contribution in [3.05, 3.63) is 76.9 Å². The maximum absolute atomic E-state index is 10.1. The summed E-state index contributed by atoms with van der Waals surface area (Å²) in [5.41, 5.74) is 10.6. The molecule has 190 valence electrons. The Morgan fingerprint density at radius 3 is 2.84 bits per heavy atom. The number of anilines is 1. The highest BCUT2D eigenvalue weighted by Gasteiger charge is 2.26. The van der Waals surface area contributed by atoms with Crippen LogP contribution in [0.25, 0.3) is 11.4 Å². The third-order valence-corrected chi connectivity index (χ3v) is 6.25. The van der Waals surface area contributed by atoms with Crippen molar-refractivity contribution < 1.29 is 9.84 Å². The van der Waals surface area contributed by atoms with Crippen molar-refractivity contribution in [2.75, 3.05) is 18.6 Å². The molecule has 1 aliphatic heterocycles. The second-order valence-corrected chi connectivity index (χ2v) is 8.86. The van der Waals surface area contributed by atoms with Gasteiger partial charge in [-0.25, -0.2) is 9.97 Å². The maximum atomic E-state index is 10.1. The normalized spacial score (nSPS) is 14.3. The average molecular weight is 498 g/mol. The van der Waals surface area contributed by atoms with Gasteiger partial charge in [0, 0.05) is 37.1 Å². The van der Waals surface area contributed by atoms with Gasteiger partial charge >= 0.3 is 0 Å². The van der Waals surface area contributed by atoms with E-state index in [0.29, 0.717) is 42.5 Å². The number of nitrogens with two attached hydrogens (primary N) is 1. The molecule has 2 aromatic heterocycles. The lowest BCUT2D eigenvalue weighted by molar-refractivity contribution is 0.0994. The SMILES string of the molecule is CCC[C@@H](O)COc1cccc(-c2nc(C(=NC)C(C#N)=CN)c(C)c(N3Cc4cccnc4C3)n2)c1. The number of allylic oxidation sites excluding steroid dienone is 1. The fourth-order valence-electron chi connectivity index (χ4n) is 4.38. The number of benzene rings is 1. The van der Waals surface area contributed by atoms with Gasteiger partial charge in [0.25, 0.3) is 0 Å². The predicted octanol–water partition coefficient (Wildman–Crippen LogP) is 3.69. The summed E-state index contributed by atoms with van der Waals surface area (Å²) in [6, 6.07) is 13.6. The molecule has 0 spiro atoms. The van der Waals surface area contributed by atoms with Crippen LogP contribution in [0.3, 0.4) is 0 Å². The molecule has 0 amide bonds. The van der Waals surface area contributed by atoms with Gasteiger partial charge < -0.3 is 20.5 Å². The standard InChI is InChI=1S/C28H31N7O2/c1-4-7-22(36)17-37-23-10-5-8-19(12-23)27-33-25(26(31-3)21(13-29)14-30)18(2)28(34-27)35-15-20-9-6-11-32-24(20)16-35/h5-6,8-13,22,36H,4,7,15-17,29H2,1-3H3/t22-/m1/s1. The quantitative estimate of drug-likeness (QED) is 0.338. The van der Waals surface area contributed by atoms with Crippen LogP contribution in [0.2, 0.25) is 0 Å². The summed E-state index contributed by atoms with van der Waals surface area (Å²) in [5.74, 6) is 1.81. The highest BCUT2D eigenvalue weighted by molar-refractivity contribution is 6.15. The molecule has 3 aromatic rings. The van der Waals surface area contributed by atoms with Crippen molar-refractivity contribution in [2.45, 2.75) is 45.9 Å². The molecule has 3 heterocycles. The van der Waals surface area contributed by atoms with Gasteiger partial charge in [-0.15, -0.1) is 0 Å². The second-order valence-electron chi connectivity index (χ2n) is 8.86. The Bertz CT molecular complexity index is 1350. The minimum absolute atomic E-state index is 0.209. The number of hydrogen-bond donors (Lipinski definition) is 2. The van der Waals surface area contributed by atoms with Crippen LogP contribution in [0.5, 0.6) is 5.75 Å². The van der Waals surface area contributed by atoms with E-state index in [0.717, 1.165) is 34.6 Å². The average Bonchev–Trinajstić information content (AvgIpc) is 3.35. The van der Waals surface area contributed by atoms with Crippen molar-refractivity contribution in [2.24, 2.45) is 10.7 Å². The Labute approximate surface area is 217 Å². The summed E-state index contributed by atoms with van der Waals surface area (Å²) < 4.78 is 5.83. The number of nitriles is 1. The van der Waals surface area contributed by atoms with E-state index in [1.807, 2.05) is 44.2 Å². The smallest absolute Gasteiger partial charge is 0.162 e. The summed E-state index contributed by atoms with van der Waals surface area (Å²) in [5, 5.41) is 19.7. The maximum Gasteiger partial charge on any atom is 0.162 e. The summed E-state index contributed by atoms with van der Waals surface area (Å²) in [7, 11) is 1.61. The molecule has 9 nitrogen and oxygen atoms in total. The van der Waals surface area contributed by atoms with Crippen LogP contribution in [0, 0.1) is 18.3 Å². The lowest BCUT2D eigenvalue weighted by Crippen LogP contribution is -2.21. The van der Waals surface area contributed by atoms with Crippen molar-refractivity contribution in [1.29, 1.82) is 5.26 Å². The predicted molar refractivity (Wildman–Crippen MR) is 143 cm³/mol. The van der Waals surface area contributed by atoms with Gasteiger partial charge in [0.1, 0.15) is 30.0 Å². The van der Waals surface area contributed by atoms with E-state index in [2.05, 4.69) is 27.0 Å². The molecule has 0 unspecified atom stereocenters. The highest BCUT2D eigenvalue weighted by atomic mass is 16.5. The topological polar surface area (TPSA) is 134 Å². The Morgan fingerprint density at radius 1 is 1.30 bits per heavy atom. The van der Waals surface area contributed by atoms with Gasteiger partial charge in [0.05, 0.1) is 29.6 Å². The molecule has 0 radical (unpaired) electrons. The summed E-state index contributed by atoms with van der Waals surface area (Å²) in [6.45, 7) is 5.43. The Hall–Kier alpha value is -4.29. The van der Waals surface area contributed by atoms with Gasteiger partial charge in [-0.05, 0) is 37.1 Å². The summed E-state index contributed by atoms with van der Waals surface area (Å²) in [4.78, 5) is 20.8. The number of aromatic nitrogens is 3. The van der Waals surface area contributed by atoms with Crippen molar-refractivity contribution in [3.8, 4) is 23.2 Å². The van der Waals surface area contributed by atoms with E-state index in [9.17, 15) is 10.4 Å². The first-order valence-corrected chi connectivity index (χ1v) is 12.3. The first-order valence-electron chi connectivity index (χ1n) is 12.3. The first-order chi connectivity index (χ1) is 18.0. The molecule has 0 saturated carbocycles. The number of aliphatic hydroxyl groups excluding tert-OH is 1. The molecule has 0 bridgehead atoms. The van der Waals surface area contributed by atoms with Gasteiger partial charge in [-0.3, -0.25) is 9.98 Å². The van der Waals surface area contributed by atoms with E-state index in [-0.39, 0.29) is 12.2 Å². The van der Waals surface area contributed by atoms with Crippen LogP contribution in [0.15, 0.2) is 59.4 Å². The van der Waals surface area contributed by atoms with Crippen molar-refractivity contribution in [3.63, 3.8) is 0 Å². The zero-order chi connectivity index (χ0) is 26.4.